The molecular formula is C11H20O10. The van der Waals surface area contributed by atoms with Crippen LogP contribution >= 0.6 is 0 Å². The molecule has 1 rings (SSSR count). The first-order valence-corrected chi connectivity index (χ1v) is 6.25. The quantitative estimate of drug-likeness (QED) is 0.225. The average molecular weight is 312 g/mol. The highest BCUT2D eigenvalue weighted by molar-refractivity contribution is 5.57. The standard InChI is InChI=1S/C11H20O10/c12-1-4(14)7(16)9(18)6(2-13)21-11-10(19)8(17)5(15)3-20-11/h2,4-12,14-19H,1,3H2/t4-,5-,6+,7-,8-,9-,10+,11+/m1/s1. The molecule has 0 aromatic carbocycles. The van der Waals surface area contributed by atoms with Gasteiger partial charge in [0.25, 0.3) is 0 Å². The smallest absolute Gasteiger partial charge is 0.187 e. The second kappa shape index (κ2) is 8.08. The molecule has 0 spiro atoms. The van der Waals surface area contributed by atoms with Crippen molar-refractivity contribution in [1.82, 2.24) is 0 Å². The van der Waals surface area contributed by atoms with E-state index in [2.05, 4.69) is 0 Å². The van der Waals surface area contributed by atoms with Gasteiger partial charge in [-0.05, 0) is 0 Å². The van der Waals surface area contributed by atoms with Gasteiger partial charge in [-0.3, -0.25) is 0 Å². The summed E-state index contributed by atoms with van der Waals surface area (Å²) in [5, 5.41) is 65.3. The number of hydrogen-bond acceptors (Lipinski definition) is 10. The Bertz CT molecular complexity index is 326. The van der Waals surface area contributed by atoms with Crippen LogP contribution in [0.4, 0.5) is 0 Å². The molecule has 1 aliphatic rings. The summed E-state index contributed by atoms with van der Waals surface area (Å²) in [6, 6.07) is 0. The number of carbonyl (C=O) groups is 1. The van der Waals surface area contributed by atoms with Crippen LogP contribution in [0.5, 0.6) is 0 Å². The van der Waals surface area contributed by atoms with Crippen LogP contribution in [0.1, 0.15) is 0 Å². The Morgan fingerprint density at radius 3 is 2.29 bits per heavy atom. The lowest BCUT2D eigenvalue weighted by molar-refractivity contribution is -0.288. The maximum atomic E-state index is 10.9. The number of aliphatic hydroxyl groups is 7. The number of hydrogen-bond donors (Lipinski definition) is 7. The van der Waals surface area contributed by atoms with Crippen molar-refractivity contribution in [3.05, 3.63) is 0 Å². The number of aldehydes is 1. The molecule has 0 radical (unpaired) electrons. The predicted octanol–water partition coefficient (Wildman–Crippen LogP) is -4.92. The molecule has 124 valence electrons. The van der Waals surface area contributed by atoms with Crippen molar-refractivity contribution in [3.63, 3.8) is 0 Å². The lowest BCUT2D eigenvalue weighted by atomic mass is 10.0. The van der Waals surface area contributed by atoms with Gasteiger partial charge < -0.3 is 50.0 Å². The maximum Gasteiger partial charge on any atom is 0.187 e. The first-order chi connectivity index (χ1) is 9.83. The number of rotatable bonds is 7. The SMILES string of the molecule is O=C[C@H](O[C@@H]1OC[C@@H](O)[C@@H](O)[C@@H]1O)[C@@H](O)[C@H](O)[C@H](O)CO. The van der Waals surface area contributed by atoms with E-state index in [-0.39, 0.29) is 12.9 Å². The largest absolute Gasteiger partial charge is 0.394 e. The molecule has 10 heteroatoms. The monoisotopic (exact) mass is 312 g/mol. The summed E-state index contributed by atoms with van der Waals surface area (Å²) < 4.78 is 9.81. The Morgan fingerprint density at radius 1 is 1.14 bits per heavy atom. The summed E-state index contributed by atoms with van der Waals surface area (Å²) in [5.41, 5.74) is 0. The molecule has 0 unspecified atom stereocenters. The van der Waals surface area contributed by atoms with Crippen LogP contribution in [-0.4, -0.2) is 104 Å². The highest BCUT2D eigenvalue weighted by Crippen LogP contribution is 2.19. The van der Waals surface area contributed by atoms with Crippen LogP contribution in [0.2, 0.25) is 0 Å². The molecule has 8 atom stereocenters. The van der Waals surface area contributed by atoms with Crippen LogP contribution < -0.4 is 0 Å². The molecule has 1 aliphatic heterocycles. The van der Waals surface area contributed by atoms with E-state index in [4.69, 9.17) is 14.6 Å². The lowest BCUT2D eigenvalue weighted by Gasteiger charge is -2.37. The average Bonchev–Trinajstić information content (AvgIpc) is 2.49. The van der Waals surface area contributed by atoms with E-state index in [1.165, 1.54) is 0 Å². The molecule has 0 bridgehead atoms. The zero-order valence-corrected chi connectivity index (χ0v) is 11.0. The number of aliphatic hydroxyl groups excluding tert-OH is 7. The fourth-order valence-electron chi connectivity index (χ4n) is 1.78. The van der Waals surface area contributed by atoms with E-state index in [1.807, 2.05) is 0 Å². The van der Waals surface area contributed by atoms with Gasteiger partial charge in [-0.1, -0.05) is 0 Å². The zero-order chi connectivity index (χ0) is 16.2. The molecule has 0 aliphatic carbocycles. The van der Waals surface area contributed by atoms with Gasteiger partial charge in [0.1, 0.15) is 42.7 Å². The molecule has 0 saturated carbocycles. The van der Waals surface area contributed by atoms with Crippen molar-refractivity contribution < 1.29 is 50.0 Å². The first kappa shape index (κ1) is 18.4. The van der Waals surface area contributed by atoms with Gasteiger partial charge in [-0.2, -0.15) is 0 Å². The Balaban J connectivity index is 2.67. The maximum absolute atomic E-state index is 10.9. The third-order valence-electron chi connectivity index (χ3n) is 3.15. The van der Waals surface area contributed by atoms with Crippen LogP contribution in [0, 0.1) is 0 Å². The van der Waals surface area contributed by atoms with Crippen LogP contribution in [0.3, 0.4) is 0 Å². The molecule has 1 fully saturated rings. The van der Waals surface area contributed by atoms with E-state index in [0.29, 0.717) is 0 Å². The van der Waals surface area contributed by atoms with Gasteiger partial charge in [0.05, 0.1) is 13.2 Å². The summed E-state index contributed by atoms with van der Waals surface area (Å²) in [6.45, 7) is -1.22. The molecule has 0 amide bonds. The van der Waals surface area contributed by atoms with Gasteiger partial charge in [-0.15, -0.1) is 0 Å². The van der Waals surface area contributed by atoms with E-state index in [9.17, 15) is 35.4 Å². The molecule has 0 aromatic rings. The van der Waals surface area contributed by atoms with Gasteiger partial charge in [0.15, 0.2) is 12.6 Å². The molecule has 7 N–H and O–H groups in total. The van der Waals surface area contributed by atoms with Crippen molar-refractivity contribution in [2.24, 2.45) is 0 Å². The minimum absolute atomic E-state index is 0.103. The fourth-order valence-corrected chi connectivity index (χ4v) is 1.78. The Hall–Kier alpha value is -0.690. The lowest BCUT2D eigenvalue weighted by Crippen LogP contribution is -2.56. The summed E-state index contributed by atoms with van der Waals surface area (Å²) in [7, 11) is 0. The van der Waals surface area contributed by atoms with Crippen LogP contribution in [0.25, 0.3) is 0 Å². The van der Waals surface area contributed by atoms with Gasteiger partial charge in [-0.25, -0.2) is 0 Å². The summed E-state index contributed by atoms with van der Waals surface area (Å²) >= 11 is 0. The Labute approximate surface area is 119 Å². The second-order valence-corrected chi connectivity index (χ2v) is 4.72. The third kappa shape index (κ3) is 4.39. The molecule has 10 nitrogen and oxygen atoms in total. The number of ether oxygens (including phenoxy) is 2. The van der Waals surface area contributed by atoms with Gasteiger partial charge in [0, 0.05) is 0 Å². The minimum atomic E-state index is -1.90. The fraction of sp³-hybridized carbons (Fsp3) is 0.909. The van der Waals surface area contributed by atoms with Crippen molar-refractivity contribution in [2.45, 2.75) is 49.0 Å². The van der Waals surface area contributed by atoms with E-state index >= 15 is 0 Å². The summed E-state index contributed by atoms with van der Waals surface area (Å²) in [4.78, 5) is 10.9. The summed E-state index contributed by atoms with van der Waals surface area (Å²) in [6.07, 6.45) is -13.2. The highest BCUT2D eigenvalue weighted by Gasteiger charge is 2.41. The zero-order valence-electron chi connectivity index (χ0n) is 11.0. The van der Waals surface area contributed by atoms with Crippen LogP contribution in [0.15, 0.2) is 0 Å². The first-order valence-electron chi connectivity index (χ1n) is 6.25. The molecule has 1 heterocycles. The van der Waals surface area contributed by atoms with Crippen molar-refractivity contribution in [1.29, 1.82) is 0 Å². The predicted molar refractivity (Wildman–Crippen MR) is 63.8 cm³/mol. The third-order valence-corrected chi connectivity index (χ3v) is 3.15. The van der Waals surface area contributed by atoms with Crippen molar-refractivity contribution in [2.75, 3.05) is 13.2 Å². The molecule has 1 saturated heterocycles. The molecule has 21 heavy (non-hydrogen) atoms. The normalized spacial score (nSPS) is 35.8. The van der Waals surface area contributed by atoms with Crippen molar-refractivity contribution in [3.8, 4) is 0 Å². The van der Waals surface area contributed by atoms with Crippen molar-refractivity contribution >= 4 is 6.29 Å². The van der Waals surface area contributed by atoms with E-state index in [1.54, 1.807) is 0 Å². The number of carbonyl (C=O) groups excluding carboxylic acids is 1. The second-order valence-electron chi connectivity index (χ2n) is 4.72. The molecular weight excluding hydrogens is 292 g/mol. The topological polar surface area (TPSA) is 177 Å². The van der Waals surface area contributed by atoms with Gasteiger partial charge in [0.2, 0.25) is 0 Å². The Morgan fingerprint density at radius 2 is 1.76 bits per heavy atom. The Kier molecular flexibility index (Phi) is 7.06. The minimum Gasteiger partial charge on any atom is -0.394 e. The van der Waals surface area contributed by atoms with Gasteiger partial charge >= 0.3 is 0 Å². The van der Waals surface area contributed by atoms with E-state index in [0.717, 1.165) is 0 Å². The highest BCUT2D eigenvalue weighted by atomic mass is 16.7. The molecule has 0 aromatic heterocycles. The van der Waals surface area contributed by atoms with Crippen LogP contribution in [-0.2, 0) is 14.3 Å². The summed E-state index contributed by atoms with van der Waals surface area (Å²) in [5.74, 6) is 0. The van der Waals surface area contributed by atoms with E-state index < -0.39 is 55.6 Å².